The van der Waals surface area contributed by atoms with Crippen LogP contribution in [0.25, 0.3) is 0 Å². The Bertz CT molecular complexity index is 1350. The van der Waals surface area contributed by atoms with E-state index in [2.05, 4.69) is 12.2 Å². The molecule has 1 atom stereocenters. The van der Waals surface area contributed by atoms with Gasteiger partial charge in [0.05, 0.1) is 21.2 Å². The van der Waals surface area contributed by atoms with Crippen molar-refractivity contribution in [2.24, 2.45) is 11.8 Å². The Morgan fingerprint density at radius 1 is 1.05 bits per heavy atom. The highest BCUT2D eigenvalue weighted by Crippen LogP contribution is 2.37. The van der Waals surface area contributed by atoms with Crippen molar-refractivity contribution < 1.29 is 31.2 Å². The number of urea groups is 1. The van der Waals surface area contributed by atoms with Crippen LogP contribution in [0.1, 0.15) is 25.3 Å². The Kier molecular flexibility index (Phi) is 9.11. The average Bonchev–Trinajstić information content (AvgIpc) is 2.88. The third-order valence-electron chi connectivity index (χ3n) is 6.99. The number of rotatable bonds is 7. The van der Waals surface area contributed by atoms with Crippen LogP contribution in [-0.4, -0.2) is 69.4 Å². The van der Waals surface area contributed by atoms with Crippen LogP contribution in [0.2, 0.25) is 10.0 Å². The van der Waals surface area contributed by atoms with Gasteiger partial charge in [0.1, 0.15) is 6.54 Å². The minimum absolute atomic E-state index is 0.0567. The number of benzene rings is 2. The van der Waals surface area contributed by atoms with Crippen molar-refractivity contribution in [1.29, 1.82) is 0 Å². The molecular formula is C26H29Cl2F3N4O4S. The number of alkyl halides is 3. The number of piperidine rings is 1. The van der Waals surface area contributed by atoms with Gasteiger partial charge in [0, 0.05) is 37.7 Å². The van der Waals surface area contributed by atoms with Crippen LogP contribution in [-0.2, 0) is 21.0 Å². The predicted molar refractivity (Wildman–Crippen MR) is 146 cm³/mol. The van der Waals surface area contributed by atoms with E-state index in [1.807, 2.05) is 0 Å². The Morgan fingerprint density at radius 2 is 1.73 bits per heavy atom. The third kappa shape index (κ3) is 6.95. The summed E-state index contributed by atoms with van der Waals surface area (Å²) in [6.45, 7) is 3.63. The Balaban J connectivity index is 1.56. The van der Waals surface area contributed by atoms with Crippen molar-refractivity contribution in [3.8, 4) is 0 Å². The van der Waals surface area contributed by atoms with Gasteiger partial charge in [-0.2, -0.15) is 13.2 Å². The zero-order valence-electron chi connectivity index (χ0n) is 21.6. The normalized spacial score (nSPS) is 18.3. The van der Waals surface area contributed by atoms with Crippen LogP contribution in [0.4, 0.5) is 23.7 Å². The molecule has 0 saturated carbocycles. The lowest BCUT2D eigenvalue weighted by Crippen LogP contribution is -2.54. The maximum absolute atomic E-state index is 13.7. The summed E-state index contributed by atoms with van der Waals surface area (Å²) in [4.78, 5) is 28.6. The van der Waals surface area contributed by atoms with Gasteiger partial charge < -0.3 is 15.1 Å². The molecule has 2 heterocycles. The Morgan fingerprint density at radius 3 is 2.35 bits per heavy atom. The van der Waals surface area contributed by atoms with Crippen molar-refractivity contribution in [3.63, 3.8) is 0 Å². The predicted octanol–water partition coefficient (Wildman–Crippen LogP) is 5.11. The first-order valence-electron chi connectivity index (χ1n) is 12.7. The summed E-state index contributed by atoms with van der Waals surface area (Å²) < 4.78 is 68.5. The average molecular weight is 622 g/mol. The van der Waals surface area contributed by atoms with Gasteiger partial charge in [-0.1, -0.05) is 30.1 Å². The monoisotopic (exact) mass is 620 g/mol. The number of hydrogen-bond acceptors (Lipinski definition) is 4. The van der Waals surface area contributed by atoms with Crippen molar-refractivity contribution in [1.82, 2.24) is 15.1 Å². The summed E-state index contributed by atoms with van der Waals surface area (Å²) in [6, 6.07) is 7.21. The lowest BCUT2D eigenvalue weighted by atomic mass is 9.98. The Hall–Kier alpha value is -2.70. The van der Waals surface area contributed by atoms with Gasteiger partial charge in [-0.25, -0.2) is 13.2 Å². The molecule has 0 spiro atoms. The highest BCUT2D eigenvalue weighted by atomic mass is 35.5. The maximum Gasteiger partial charge on any atom is 0.416 e. The van der Waals surface area contributed by atoms with Gasteiger partial charge in [0.25, 0.3) is 10.0 Å². The van der Waals surface area contributed by atoms with E-state index in [9.17, 15) is 31.2 Å². The van der Waals surface area contributed by atoms with Crippen molar-refractivity contribution in [3.05, 3.63) is 58.1 Å². The fourth-order valence-corrected chi connectivity index (χ4v) is 6.62. The lowest BCUT2D eigenvalue weighted by molar-refractivity contribution is -0.137. The molecule has 2 aliphatic heterocycles. The smallest absolute Gasteiger partial charge is 0.341 e. The molecule has 2 saturated heterocycles. The minimum Gasteiger partial charge on any atom is -0.341 e. The number of sulfonamides is 1. The molecule has 4 rings (SSSR count). The van der Waals surface area contributed by atoms with Crippen LogP contribution < -0.4 is 9.62 Å². The molecule has 2 fully saturated rings. The lowest BCUT2D eigenvalue weighted by Gasteiger charge is -2.38. The third-order valence-corrected chi connectivity index (χ3v) is 9.33. The maximum atomic E-state index is 13.7. The van der Waals surface area contributed by atoms with Gasteiger partial charge in [0.15, 0.2) is 0 Å². The van der Waals surface area contributed by atoms with E-state index >= 15 is 0 Å². The fourth-order valence-electron chi connectivity index (χ4n) is 4.80. The molecule has 0 aromatic heterocycles. The quantitative estimate of drug-likeness (QED) is 0.466. The number of carbonyl (C=O) groups excluding carboxylic acids is 2. The van der Waals surface area contributed by atoms with Gasteiger partial charge in [0.2, 0.25) is 5.91 Å². The van der Waals surface area contributed by atoms with Crippen LogP contribution in [0.15, 0.2) is 47.4 Å². The molecular weight excluding hydrogens is 592 g/mol. The minimum atomic E-state index is -4.77. The number of nitrogens with zero attached hydrogens (tertiary/aromatic N) is 3. The molecule has 0 bridgehead atoms. The van der Waals surface area contributed by atoms with E-state index in [-0.39, 0.29) is 33.4 Å². The van der Waals surface area contributed by atoms with Gasteiger partial charge >= 0.3 is 12.2 Å². The molecule has 1 N–H and O–H groups in total. The summed E-state index contributed by atoms with van der Waals surface area (Å²) in [5.41, 5.74) is -1.58. The summed E-state index contributed by atoms with van der Waals surface area (Å²) in [5, 5.41) is 2.88. The molecule has 218 valence electrons. The largest absolute Gasteiger partial charge is 0.416 e. The van der Waals surface area contributed by atoms with E-state index < -0.39 is 39.9 Å². The highest BCUT2D eigenvalue weighted by molar-refractivity contribution is 7.92. The van der Waals surface area contributed by atoms with Crippen LogP contribution in [0.3, 0.4) is 0 Å². The second-order valence-corrected chi connectivity index (χ2v) is 12.9. The molecule has 2 aliphatic rings. The van der Waals surface area contributed by atoms with E-state index in [1.165, 1.54) is 29.2 Å². The van der Waals surface area contributed by atoms with Gasteiger partial charge in [-0.3, -0.25) is 9.10 Å². The van der Waals surface area contributed by atoms with Crippen LogP contribution >= 0.6 is 23.2 Å². The number of anilines is 1. The molecule has 0 aliphatic carbocycles. The van der Waals surface area contributed by atoms with Crippen molar-refractivity contribution >= 4 is 50.9 Å². The number of carbonyl (C=O) groups is 2. The van der Waals surface area contributed by atoms with E-state index in [0.29, 0.717) is 48.9 Å². The fraction of sp³-hybridized carbons (Fsp3) is 0.462. The SMILES string of the molecule is CC1CN(C(=O)NCC2CCCN(C(=O)CN(c3cc(C(F)(F)F)ccc3Cl)S(=O)(=O)c3ccc(Cl)cc3)C2)C1. The first kappa shape index (κ1) is 30.3. The second kappa shape index (κ2) is 12.0. The van der Waals surface area contributed by atoms with Crippen molar-refractivity contribution in [2.75, 3.05) is 43.6 Å². The molecule has 3 amide bonds. The van der Waals surface area contributed by atoms with E-state index in [1.54, 1.807) is 4.90 Å². The number of nitrogens with one attached hydrogen (secondary N) is 1. The van der Waals surface area contributed by atoms with Gasteiger partial charge in [-0.05, 0) is 67.1 Å². The van der Waals surface area contributed by atoms with Crippen LogP contribution in [0.5, 0.6) is 0 Å². The molecule has 2 aromatic carbocycles. The molecule has 14 heteroatoms. The first-order chi connectivity index (χ1) is 18.8. The summed E-state index contributed by atoms with van der Waals surface area (Å²) >= 11 is 12.1. The van der Waals surface area contributed by atoms with Crippen LogP contribution in [0, 0.1) is 11.8 Å². The number of amides is 3. The summed E-state index contributed by atoms with van der Waals surface area (Å²) in [7, 11) is -4.52. The Labute approximate surface area is 241 Å². The number of hydrogen-bond donors (Lipinski definition) is 1. The molecule has 8 nitrogen and oxygen atoms in total. The molecule has 40 heavy (non-hydrogen) atoms. The van der Waals surface area contributed by atoms with E-state index in [4.69, 9.17) is 23.2 Å². The highest BCUT2D eigenvalue weighted by Gasteiger charge is 2.36. The number of halogens is 5. The first-order valence-corrected chi connectivity index (χ1v) is 14.9. The zero-order chi connectivity index (χ0) is 29.2. The number of likely N-dealkylation sites (tertiary alicyclic amines) is 2. The standard InChI is InChI=1S/C26H29Cl2F3N4O4S/c1-17-13-34(14-17)25(37)32-12-18-3-2-10-33(15-18)24(36)16-35(40(38,39)21-7-5-20(27)6-8-21)23-11-19(26(29,30)31)4-9-22(23)28/h4-9,11,17-18H,2-3,10,12-16H2,1H3,(H,32,37). The molecule has 1 unspecified atom stereocenters. The van der Waals surface area contributed by atoms with Gasteiger partial charge in [-0.15, -0.1) is 0 Å². The van der Waals surface area contributed by atoms with Crippen molar-refractivity contribution in [2.45, 2.75) is 30.8 Å². The summed E-state index contributed by atoms with van der Waals surface area (Å²) in [5.74, 6) is -0.191. The zero-order valence-corrected chi connectivity index (χ0v) is 24.0. The van der Waals surface area contributed by atoms with E-state index in [0.717, 1.165) is 18.6 Å². The molecule has 0 radical (unpaired) electrons. The molecule has 2 aromatic rings. The summed E-state index contributed by atoms with van der Waals surface area (Å²) in [6.07, 6.45) is -3.38. The second-order valence-electron chi connectivity index (χ2n) is 10.2. The topological polar surface area (TPSA) is 90.0 Å².